The Balaban J connectivity index is 1.55. The highest BCUT2D eigenvalue weighted by molar-refractivity contribution is 5.96. The second kappa shape index (κ2) is 7.34. The summed E-state index contributed by atoms with van der Waals surface area (Å²) in [6, 6.07) is 20.3. The van der Waals surface area contributed by atoms with Crippen molar-refractivity contribution in [3.63, 3.8) is 0 Å². The number of rotatable bonds is 5. The Bertz CT molecular complexity index is 597. The molecular formula is C19H22N2O. The molecule has 3 heteroatoms. The molecule has 0 aliphatic carbocycles. The van der Waals surface area contributed by atoms with Gasteiger partial charge in [-0.2, -0.15) is 0 Å². The van der Waals surface area contributed by atoms with Crippen molar-refractivity contribution in [1.82, 2.24) is 10.2 Å². The number of nitrogens with zero attached hydrogens (tertiary/aromatic N) is 1. The Hall–Kier alpha value is -1.97. The van der Waals surface area contributed by atoms with Crippen LogP contribution in [0.3, 0.4) is 0 Å². The maximum Gasteiger partial charge on any atom is 0.164 e. The number of Topliss-reactive ketones (excluding diaryl/α,β-unsaturated/α-hetero) is 1. The maximum atomic E-state index is 12.3. The molecule has 0 bridgehead atoms. The first-order valence-corrected chi connectivity index (χ1v) is 7.89. The van der Waals surface area contributed by atoms with Crippen LogP contribution in [0.1, 0.15) is 22.3 Å². The lowest BCUT2D eigenvalue weighted by Crippen LogP contribution is -2.50. The fourth-order valence-electron chi connectivity index (χ4n) is 2.98. The summed E-state index contributed by atoms with van der Waals surface area (Å²) in [5, 5.41) is 3.47. The van der Waals surface area contributed by atoms with E-state index in [0.29, 0.717) is 6.42 Å². The Kier molecular flexibility index (Phi) is 4.99. The Labute approximate surface area is 132 Å². The van der Waals surface area contributed by atoms with Crippen LogP contribution in [0.2, 0.25) is 0 Å². The van der Waals surface area contributed by atoms with Crippen LogP contribution in [-0.2, 0) is 6.54 Å². The van der Waals surface area contributed by atoms with E-state index < -0.39 is 0 Å². The molecule has 114 valence electrons. The molecule has 1 heterocycles. The van der Waals surface area contributed by atoms with E-state index in [1.165, 1.54) is 5.56 Å². The highest BCUT2D eigenvalue weighted by atomic mass is 16.1. The Morgan fingerprint density at radius 3 is 2.45 bits per heavy atom. The van der Waals surface area contributed by atoms with Crippen molar-refractivity contribution in [2.24, 2.45) is 0 Å². The van der Waals surface area contributed by atoms with Gasteiger partial charge in [-0.05, 0) is 5.56 Å². The van der Waals surface area contributed by atoms with Gasteiger partial charge in [0.1, 0.15) is 0 Å². The number of benzene rings is 2. The van der Waals surface area contributed by atoms with Gasteiger partial charge in [0.25, 0.3) is 0 Å². The lowest BCUT2D eigenvalue weighted by molar-refractivity contribution is 0.0942. The van der Waals surface area contributed by atoms with Crippen LogP contribution < -0.4 is 5.32 Å². The third kappa shape index (κ3) is 4.03. The predicted octanol–water partition coefficient (Wildman–Crippen LogP) is 2.73. The van der Waals surface area contributed by atoms with E-state index in [4.69, 9.17) is 0 Å². The van der Waals surface area contributed by atoms with Crippen LogP contribution in [0.15, 0.2) is 60.7 Å². The molecule has 3 nitrogen and oxygen atoms in total. The minimum Gasteiger partial charge on any atom is -0.311 e. The van der Waals surface area contributed by atoms with Crippen molar-refractivity contribution in [2.45, 2.75) is 19.0 Å². The predicted molar refractivity (Wildman–Crippen MR) is 88.9 cm³/mol. The van der Waals surface area contributed by atoms with Crippen molar-refractivity contribution >= 4 is 5.78 Å². The van der Waals surface area contributed by atoms with Crippen LogP contribution >= 0.6 is 0 Å². The lowest BCUT2D eigenvalue weighted by Gasteiger charge is -2.33. The fourth-order valence-corrected chi connectivity index (χ4v) is 2.98. The van der Waals surface area contributed by atoms with Gasteiger partial charge in [-0.15, -0.1) is 0 Å². The first-order valence-electron chi connectivity index (χ1n) is 7.89. The zero-order chi connectivity index (χ0) is 15.2. The van der Waals surface area contributed by atoms with Crippen LogP contribution in [0.25, 0.3) is 0 Å². The third-order valence-corrected chi connectivity index (χ3v) is 4.12. The largest absolute Gasteiger partial charge is 0.311 e. The van der Waals surface area contributed by atoms with E-state index in [9.17, 15) is 4.79 Å². The summed E-state index contributed by atoms with van der Waals surface area (Å²) in [7, 11) is 0. The maximum absolute atomic E-state index is 12.3. The summed E-state index contributed by atoms with van der Waals surface area (Å²) in [6.07, 6.45) is 0.565. The monoisotopic (exact) mass is 294 g/mol. The van der Waals surface area contributed by atoms with Crippen LogP contribution in [-0.4, -0.2) is 36.4 Å². The van der Waals surface area contributed by atoms with Gasteiger partial charge < -0.3 is 5.32 Å². The van der Waals surface area contributed by atoms with Gasteiger partial charge in [-0.1, -0.05) is 60.7 Å². The molecule has 0 spiro atoms. The molecule has 0 saturated carbocycles. The number of hydrogen-bond donors (Lipinski definition) is 1. The smallest absolute Gasteiger partial charge is 0.164 e. The van der Waals surface area contributed by atoms with Crippen LogP contribution in [0.5, 0.6) is 0 Å². The van der Waals surface area contributed by atoms with Gasteiger partial charge in [0.15, 0.2) is 5.78 Å². The number of hydrogen-bond acceptors (Lipinski definition) is 3. The van der Waals surface area contributed by atoms with Gasteiger partial charge in [0.2, 0.25) is 0 Å². The number of ketones is 1. The van der Waals surface area contributed by atoms with Crippen LogP contribution in [0.4, 0.5) is 0 Å². The number of carbonyl (C=O) groups excluding carboxylic acids is 1. The molecule has 1 atom stereocenters. The molecule has 1 N–H and O–H groups in total. The summed E-state index contributed by atoms with van der Waals surface area (Å²) in [4.78, 5) is 14.7. The minimum absolute atomic E-state index is 0.222. The highest BCUT2D eigenvalue weighted by Gasteiger charge is 2.22. The van der Waals surface area contributed by atoms with Gasteiger partial charge in [0.05, 0.1) is 0 Å². The quantitative estimate of drug-likeness (QED) is 0.861. The molecule has 1 unspecified atom stereocenters. The molecular weight excluding hydrogens is 272 g/mol. The molecule has 22 heavy (non-hydrogen) atoms. The molecule has 0 radical (unpaired) electrons. The summed E-state index contributed by atoms with van der Waals surface area (Å²) < 4.78 is 0. The summed E-state index contributed by atoms with van der Waals surface area (Å²) in [6.45, 7) is 3.86. The van der Waals surface area contributed by atoms with Gasteiger partial charge >= 0.3 is 0 Å². The van der Waals surface area contributed by atoms with Gasteiger partial charge in [0, 0.05) is 44.2 Å². The SMILES string of the molecule is O=C(CC1CN(Cc2ccccc2)CCN1)c1ccccc1. The number of carbonyl (C=O) groups is 1. The standard InChI is InChI=1S/C19H22N2O/c22-19(17-9-5-2-6-10-17)13-18-15-21(12-11-20-18)14-16-7-3-1-4-8-16/h1-10,18,20H,11-15H2. The average molecular weight is 294 g/mol. The zero-order valence-electron chi connectivity index (χ0n) is 12.7. The molecule has 1 aliphatic rings. The van der Waals surface area contributed by atoms with Crippen LogP contribution in [0, 0.1) is 0 Å². The second-order valence-corrected chi connectivity index (χ2v) is 5.87. The van der Waals surface area contributed by atoms with E-state index in [1.54, 1.807) is 0 Å². The first-order chi connectivity index (χ1) is 10.8. The van der Waals surface area contributed by atoms with Crippen molar-refractivity contribution in [3.05, 3.63) is 71.8 Å². The minimum atomic E-state index is 0.222. The van der Waals surface area contributed by atoms with E-state index in [-0.39, 0.29) is 11.8 Å². The van der Waals surface area contributed by atoms with E-state index in [0.717, 1.165) is 31.7 Å². The highest BCUT2D eigenvalue weighted by Crippen LogP contribution is 2.11. The summed E-state index contributed by atoms with van der Waals surface area (Å²) in [5.74, 6) is 0.222. The third-order valence-electron chi connectivity index (χ3n) is 4.12. The zero-order valence-corrected chi connectivity index (χ0v) is 12.7. The molecule has 1 fully saturated rings. The van der Waals surface area contributed by atoms with E-state index in [1.807, 2.05) is 36.4 Å². The summed E-state index contributed by atoms with van der Waals surface area (Å²) >= 11 is 0. The normalized spacial score (nSPS) is 19.0. The van der Waals surface area contributed by atoms with Gasteiger partial charge in [-0.3, -0.25) is 9.69 Å². The topological polar surface area (TPSA) is 32.3 Å². The van der Waals surface area contributed by atoms with Crippen molar-refractivity contribution in [2.75, 3.05) is 19.6 Å². The van der Waals surface area contributed by atoms with Crippen molar-refractivity contribution in [3.8, 4) is 0 Å². The number of piperazine rings is 1. The Morgan fingerprint density at radius 2 is 1.73 bits per heavy atom. The number of nitrogens with one attached hydrogen (secondary N) is 1. The first kappa shape index (κ1) is 14.9. The second-order valence-electron chi connectivity index (χ2n) is 5.87. The van der Waals surface area contributed by atoms with Crippen molar-refractivity contribution in [1.29, 1.82) is 0 Å². The van der Waals surface area contributed by atoms with Gasteiger partial charge in [-0.25, -0.2) is 0 Å². The van der Waals surface area contributed by atoms with E-state index in [2.05, 4.69) is 34.5 Å². The Morgan fingerprint density at radius 1 is 1.05 bits per heavy atom. The lowest BCUT2D eigenvalue weighted by atomic mass is 10.0. The fraction of sp³-hybridized carbons (Fsp3) is 0.316. The summed E-state index contributed by atoms with van der Waals surface area (Å²) in [5.41, 5.74) is 2.14. The molecule has 0 aromatic heterocycles. The molecule has 1 aliphatic heterocycles. The average Bonchev–Trinajstić information content (AvgIpc) is 2.57. The van der Waals surface area contributed by atoms with E-state index >= 15 is 0 Å². The molecule has 2 aromatic rings. The molecule has 2 aromatic carbocycles. The molecule has 1 saturated heterocycles. The molecule has 3 rings (SSSR count). The van der Waals surface area contributed by atoms with Crippen molar-refractivity contribution < 1.29 is 4.79 Å². The molecule has 0 amide bonds.